The fraction of sp³-hybridized carbons (Fsp3) is 1.00. The maximum Gasteiger partial charge on any atom is 0.0576 e. The Kier molecular flexibility index (Phi) is 4.49. The predicted octanol–water partition coefficient (Wildman–Crippen LogP) is 2.97. The topological polar surface area (TPSA) is 60.7 Å². The third-order valence-electron chi connectivity index (χ3n) is 8.07. The number of rotatable bonds is 2. The summed E-state index contributed by atoms with van der Waals surface area (Å²) in [4.78, 5) is 0. The van der Waals surface area contributed by atoms with Crippen molar-refractivity contribution < 1.29 is 15.3 Å². The smallest absolute Gasteiger partial charge is 0.0576 e. The quantitative estimate of drug-likeness (QED) is 0.732. The van der Waals surface area contributed by atoms with Crippen LogP contribution >= 0.6 is 0 Å². The SMILES string of the molecule is CCCC1CCC2C1C(O)CC1C3CCC(O)CC3CC(O)C12. The van der Waals surface area contributed by atoms with Crippen LogP contribution in [0.3, 0.4) is 0 Å². The first-order valence-corrected chi connectivity index (χ1v) is 10.1. The minimum Gasteiger partial charge on any atom is -0.393 e. The van der Waals surface area contributed by atoms with Gasteiger partial charge >= 0.3 is 0 Å². The predicted molar refractivity (Wildman–Crippen MR) is 89.7 cm³/mol. The largest absolute Gasteiger partial charge is 0.393 e. The van der Waals surface area contributed by atoms with Crippen molar-refractivity contribution in [1.82, 2.24) is 0 Å². The molecular weight excluding hydrogens is 288 g/mol. The van der Waals surface area contributed by atoms with Gasteiger partial charge in [0.25, 0.3) is 0 Å². The van der Waals surface area contributed by atoms with Gasteiger partial charge in [-0.2, -0.15) is 0 Å². The molecule has 23 heavy (non-hydrogen) atoms. The van der Waals surface area contributed by atoms with E-state index in [9.17, 15) is 15.3 Å². The Balaban J connectivity index is 1.57. The first-order chi connectivity index (χ1) is 11.1. The van der Waals surface area contributed by atoms with E-state index in [1.165, 1.54) is 25.7 Å². The number of hydrogen-bond donors (Lipinski definition) is 3. The van der Waals surface area contributed by atoms with E-state index in [1.807, 2.05) is 0 Å². The molecule has 0 amide bonds. The Bertz CT molecular complexity index is 425. The number of fused-ring (bicyclic) bond motifs is 5. The molecule has 3 nitrogen and oxygen atoms in total. The highest BCUT2D eigenvalue weighted by molar-refractivity contribution is 5.06. The molecule has 4 saturated carbocycles. The van der Waals surface area contributed by atoms with Crippen molar-refractivity contribution >= 4 is 0 Å². The average molecular weight is 322 g/mol. The monoisotopic (exact) mass is 322 g/mol. The highest BCUT2D eigenvalue weighted by atomic mass is 16.3. The molecule has 0 heterocycles. The summed E-state index contributed by atoms with van der Waals surface area (Å²) in [6.45, 7) is 2.25. The van der Waals surface area contributed by atoms with Gasteiger partial charge in [0.15, 0.2) is 0 Å². The summed E-state index contributed by atoms with van der Waals surface area (Å²) in [7, 11) is 0. The second-order valence-corrected chi connectivity index (χ2v) is 9.11. The van der Waals surface area contributed by atoms with Gasteiger partial charge in [0, 0.05) is 0 Å². The first-order valence-electron chi connectivity index (χ1n) is 10.1. The average Bonchev–Trinajstić information content (AvgIpc) is 2.91. The van der Waals surface area contributed by atoms with Crippen LogP contribution in [0.1, 0.15) is 64.7 Å². The van der Waals surface area contributed by atoms with Crippen LogP contribution in [0.25, 0.3) is 0 Å². The lowest BCUT2D eigenvalue weighted by Gasteiger charge is -2.55. The molecule has 0 radical (unpaired) electrons. The molecule has 4 aliphatic rings. The lowest BCUT2D eigenvalue weighted by molar-refractivity contribution is -0.144. The third kappa shape index (κ3) is 2.67. The van der Waals surface area contributed by atoms with Gasteiger partial charge < -0.3 is 15.3 Å². The molecule has 0 aromatic heterocycles. The molecule has 4 fully saturated rings. The Morgan fingerprint density at radius 3 is 2.26 bits per heavy atom. The van der Waals surface area contributed by atoms with Crippen molar-refractivity contribution in [3.8, 4) is 0 Å². The molecule has 3 heteroatoms. The van der Waals surface area contributed by atoms with Gasteiger partial charge in [0.2, 0.25) is 0 Å². The van der Waals surface area contributed by atoms with E-state index in [0.717, 1.165) is 32.1 Å². The molecule has 0 aromatic carbocycles. The molecule has 0 bridgehead atoms. The van der Waals surface area contributed by atoms with Crippen LogP contribution in [-0.4, -0.2) is 33.6 Å². The molecule has 0 spiro atoms. The van der Waals surface area contributed by atoms with Crippen molar-refractivity contribution in [1.29, 1.82) is 0 Å². The Labute approximate surface area is 140 Å². The van der Waals surface area contributed by atoms with E-state index in [0.29, 0.717) is 41.4 Å². The lowest BCUT2D eigenvalue weighted by Crippen LogP contribution is -2.55. The van der Waals surface area contributed by atoms with Crippen molar-refractivity contribution in [2.75, 3.05) is 0 Å². The molecular formula is C20H34O3. The fourth-order valence-electron chi connectivity index (χ4n) is 7.40. The van der Waals surface area contributed by atoms with E-state index < -0.39 is 0 Å². The summed E-state index contributed by atoms with van der Waals surface area (Å²) in [5.74, 6) is 3.69. The second-order valence-electron chi connectivity index (χ2n) is 9.11. The highest BCUT2D eigenvalue weighted by Crippen LogP contribution is 2.59. The summed E-state index contributed by atoms with van der Waals surface area (Å²) >= 11 is 0. The number of aliphatic hydroxyl groups excluding tert-OH is 3. The van der Waals surface area contributed by atoms with Gasteiger partial charge in [-0.15, -0.1) is 0 Å². The van der Waals surface area contributed by atoms with Gasteiger partial charge in [0.05, 0.1) is 18.3 Å². The van der Waals surface area contributed by atoms with Crippen LogP contribution < -0.4 is 0 Å². The summed E-state index contributed by atoms with van der Waals surface area (Å²) in [6.07, 6.45) is 9.07. The Morgan fingerprint density at radius 2 is 1.48 bits per heavy atom. The Morgan fingerprint density at radius 1 is 0.739 bits per heavy atom. The highest BCUT2D eigenvalue weighted by Gasteiger charge is 2.57. The van der Waals surface area contributed by atoms with Crippen LogP contribution in [0.2, 0.25) is 0 Å². The lowest BCUT2D eigenvalue weighted by atomic mass is 9.51. The normalized spacial score (nSPS) is 55.8. The number of aliphatic hydroxyl groups is 3. The zero-order valence-electron chi connectivity index (χ0n) is 14.5. The maximum absolute atomic E-state index is 10.9. The van der Waals surface area contributed by atoms with Crippen LogP contribution in [0, 0.1) is 41.4 Å². The zero-order valence-corrected chi connectivity index (χ0v) is 14.5. The fourth-order valence-corrected chi connectivity index (χ4v) is 7.40. The number of hydrogen-bond acceptors (Lipinski definition) is 3. The van der Waals surface area contributed by atoms with E-state index in [1.54, 1.807) is 0 Å². The van der Waals surface area contributed by atoms with E-state index >= 15 is 0 Å². The van der Waals surface area contributed by atoms with Crippen LogP contribution in [0.5, 0.6) is 0 Å². The second kappa shape index (κ2) is 6.31. The van der Waals surface area contributed by atoms with Gasteiger partial charge in [-0.05, 0) is 86.4 Å². The van der Waals surface area contributed by atoms with Crippen LogP contribution in [0.15, 0.2) is 0 Å². The molecule has 10 unspecified atom stereocenters. The summed E-state index contributed by atoms with van der Waals surface area (Å²) < 4.78 is 0. The van der Waals surface area contributed by atoms with Gasteiger partial charge in [-0.3, -0.25) is 0 Å². The van der Waals surface area contributed by atoms with Crippen molar-refractivity contribution in [3.63, 3.8) is 0 Å². The van der Waals surface area contributed by atoms with Crippen molar-refractivity contribution in [3.05, 3.63) is 0 Å². The minimum absolute atomic E-state index is 0.155. The summed E-state index contributed by atoms with van der Waals surface area (Å²) in [5.41, 5.74) is 0. The van der Waals surface area contributed by atoms with Crippen LogP contribution in [-0.2, 0) is 0 Å². The standard InChI is InChI=1S/C20H34O3/c1-2-3-11-4-6-15-19(11)18(23)10-16-14-7-5-13(21)8-12(14)9-17(22)20(15)16/h11-23H,2-10H2,1H3. The summed E-state index contributed by atoms with van der Waals surface area (Å²) in [6, 6.07) is 0. The zero-order chi connectivity index (χ0) is 16.1. The molecule has 4 rings (SSSR count). The molecule has 0 aromatic rings. The molecule has 0 saturated heterocycles. The molecule has 4 aliphatic carbocycles. The Hall–Kier alpha value is -0.120. The van der Waals surface area contributed by atoms with Crippen molar-refractivity contribution in [2.24, 2.45) is 41.4 Å². The first kappa shape index (κ1) is 16.4. The van der Waals surface area contributed by atoms with Gasteiger partial charge in [0.1, 0.15) is 0 Å². The van der Waals surface area contributed by atoms with Crippen LogP contribution in [0.4, 0.5) is 0 Å². The maximum atomic E-state index is 10.9. The molecule has 0 aliphatic heterocycles. The van der Waals surface area contributed by atoms with E-state index in [-0.39, 0.29) is 18.3 Å². The summed E-state index contributed by atoms with van der Waals surface area (Å²) in [5, 5.41) is 31.8. The van der Waals surface area contributed by atoms with E-state index in [2.05, 4.69) is 6.92 Å². The van der Waals surface area contributed by atoms with Gasteiger partial charge in [-0.25, -0.2) is 0 Å². The molecule has 132 valence electrons. The van der Waals surface area contributed by atoms with E-state index in [4.69, 9.17) is 0 Å². The molecule has 10 atom stereocenters. The molecule has 3 N–H and O–H groups in total. The third-order valence-corrected chi connectivity index (χ3v) is 8.07. The van der Waals surface area contributed by atoms with Gasteiger partial charge in [-0.1, -0.05) is 19.8 Å². The minimum atomic E-state index is -0.202. The van der Waals surface area contributed by atoms with Crippen molar-refractivity contribution in [2.45, 2.75) is 83.0 Å².